The zero-order chi connectivity index (χ0) is 22.7. The second-order valence-corrected chi connectivity index (χ2v) is 7.42. The maximum Gasteiger partial charge on any atom is 0.295 e. The number of likely N-dealkylation sites (tertiary alicyclic amines) is 1. The van der Waals surface area contributed by atoms with Gasteiger partial charge >= 0.3 is 0 Å². The van der Waals surface area contributed by atoms with Crippen molar-refractivity contribution < 1.29 is 28.6 Å². The van der Waals surface area contributed by atoms with Gasteiger partial charge < -0.3 is 24.4 Å². The lowest BCUT2D eigenvalue weighted by atomic mass is 9.95. The van der Waals surface area contributed by atoms with Crippen molar-refractivity contribution in [2.75, 3.05) is 41.4 Å². The molecule has 1 aliphatic heterocycles. The number of ketones is 1. The molecule has 0 aromatic heterocycles. The summed E-state index contributed by atoms with van der Waals surface area (Å²) in [7, 11) is 6.56. The Morgan fingerprint density at radius 3 is 2.48 bits per heavy atom. The summed E-state index contributed by atoms with van der Waals surface area (Å²) in [5, 5.41) is 11.0. The third-order valence-corrected chi connectivity index (χ3v) is 5.16. The summed E-state index contributed by atoms with van der Waals surface area (Å²) in [6.07, 6.45) is 0. The molecule has 1 heterocycles. The fourth-order valence-corrected chi connectivity index (χ4v) is 3.55. The van der Waals surface area contributed by atoms with Crippen LogP contribution in [0.1, 0.15) is 17.2 Å². The molecule has 1 amide bonds. The number of carbonyl (C=O) groups excluding carboxylic acids is 2. The lowest BCUT2D eigenvalue weighted by Crippen LogP contribution is -2.35. The molecule has 1 atom stereocenters. The number of aliphatic hydroxyl groups is 1. The monoisotopic (exact) mass is 428 g/mol. The van der Waals surface area contributed by atoms with Crippen LogP contribution in [0.3, 0.4) is 0 Å². The van der Waals surface area contributed by atoms with Crippen molar-refractivity contribution in [3.63, 3.8) is 0 Å². The van der Waals surface area contributed by atoms with Crippen molar-refractivity contribution >= 4 is 17.4 Å². The molecule has 3 rings (SSSR count). The fourth-order valence-electron chi connectivity index (χ4n) is 3.55. The SMILES string of the molecule is COc1cccc([C@@H]2/C(=C(\O)c3ccc(OC)c(F)c3)C(=O)C(=O)N2CCN(C)C)c1. The summed E-state index contributed by atoms with van der Waals surface area (Å²) in [5.41, 5.74) is 0.589. The maximum absolute atomic E-state index is 14.2. The van der Waals surface area contributed by atoms with Gasteiger partial charge in [0, 0.05) is 18.7 Å². The number of carbonyl (C=O) groups is 2. The highest BCUT2D eigenvalue weighted by molar-refractivity contribution is 6.46. The van der Waals surface area contributed by atoms with Crippen LogP contribution in [0.5, 0.6) is 11.5 Å². The molecular weight excluding hydrogens is 403 g/mol. The van der Waals surface area contributed by atoms with Gasteiger partial charge in [-0.2, -0.15) is 0 Å². The summed E-state index contributed by atoms with van der Waals surface area (Å²) in [6, 6.07) is 9.98. The Bertz CT molecular complexity index is 1030. The first-order valence-electron chi connectivity index (χ1n) is 9.69. The lowest BCUT2D eigenvalue weighted by molar-refractivity contribution is -0.140. The van der Waals surface area contributed by atoms with E-state index in [9.17, 15) is 19.1 Å². The van der Waals surface area contributed by atoms with Crippen LogP contribution < -0.4 is 9.47 Å². The number of Topliss-reactive ketones (excluding diaryl/α,β-unsaturated/α-hetero) is 1. The highest BCUT2D eigenvalue weighted by atomic mass is 19.1. The zero-order valence-electron chi connectivity index (χ0n) is 17.9. The number of rotatable bonds is 7. The van der Waals surface area contributed by atoms with Gasteiger partial charge in [-0.3, -0.25) is 9.59 Å². The minimum Gasteiger partial charge on any atom is -0.507 e. The van der Waals surface area contributed by atoms with Crippen LogP contribution >= 0.6 is 0 Å². The van der Waals surface area contributed by atoms with Crippen LogP contribution in [0.2, 0.25) is 0 Å². The molecule has 1 saturated heterocycles. The Balaban J connectivity index is 2.17. The highest BCUT2D eigenvalue weighted by Crippen LogP contribution is 2.40. The predicted molar refractivity (Wildman–Crippen MR) is 114 cm³/mol. The van der Waals surface area contributed by atoms with E-state index in [-0.39, 0.29) is 23.4 Å². The number of halogens is 1. The van der Waals surface area contributed by atoms with Crippen molar-refractivity contribution in [3.8, 4) is 11.5 Å². The Labute approximate surface area is 180 Å². The number of aliphatic hydroxyl groups excluding tert-OH is 1. The van der Waals surface area contributed by atoms with Gasteiger partial charge in [0.1, 0.15) is 11.5 Å². The largest absolute Gasteiger partial charge is 0.507 e. The quantitative estimate of drug-likeness (QED) is 0.415. The lowest BCUT2D eigenvalue weighted by Gasteiger charge is -2.26. The number of nitrogens with zero attached hydrogens (tertiary/aromatic N) is 2. The topological polar surface area (TPSA) is 79.3 Å². The van der Waals surface area contributed by atoms with Crippen molar-refractivity contribution in [2.24, 2.45) is 0 Å². The van der Waals surface area contributed by atoms with Crippen molar-refractivity contribution in [2.45, 2.75) is 6.04 Å². The number of methoxy groups -OCH3 is 2. The summed E-state index contributed by atoms with van der Waals surface area (Å²) in [5.74, 6) is -2.12. The van der Waals surface area contributed by atoms with E-state index < -0.39 is 29.3 Å². The standard InChI is InChI=1S/C23H25FN2O5/c1-25(2)10-11-26-20(14-6-5-7-16(12-14)30-3)19(22(28)23(26)29)21(27)15-8-9-18(31-4)17(24)13-15/h5-9,12-13,20,27H,10-11H2,1-4H3/b21-19+/t20-/m1/s1. The third-order valence-electron chi connectivity index (χ3n) is 5.16. The van der Waals surface area contributed by atoms with Crippen LogP contribution in [0, 0.1) is 5.82 Å². The van der Waals surface area contributed by atoms with E-state index in [1.165, 1.54) is 31.3 Å². The highest BCUT2D eigenvalue weighted by Gasteiger charge is 2.46. The van der Waals surface area contributed by atoms with Gasteiger partial charge in [-0.15, -0.1) is 0 Å². The van der Waals surface area contributed by atoms with E-state index in [1.807, 2.05) is 19.0 Å². The number of hydrogen-bond acceptors (Lipinski definition) is 6. The normalized spacial score (nSPS) is 18.0. The number of hydrogen-bond donors (Lipinski definition) is 1. The molecule has 31 heavy (non-hydrogen) atoms. The first-order valence-corrected chi connectivity index (χ1v) is 9.69. The van der Waals surface area contributed by atoms with E-state index in [0.717, 1.165) is 6.07 Å². The molecular formula is C23H25FN2O5. The molecule has 8 heteroatoms. The second kappa shape index (κ2) is 9.18. The van der Waals surface area contributed by atoms with E-state index in [2.05, 4.69) is 0 Å². The molecule has 164 valence electrons. The first kappa shape index (κ1) is 22.3. The molecule has 7 nitrogen and oxygen atoms in total. The zero-order valence-corrected chi connectivity index (χ0v) is 17.9. The molecule has 0 bridgehead atoms. The Kier molecular flexibility index (Phi) is 6.60. The van der Waals surface area contributed by atoms with Crippen LogP contribution in [0.4, 0.5) is 4.39 Å². The van der Waals surface area contributed by atoms with E-state index in [1.54, 1.807) is 24.3 Å². The minimum absolute atomic E-state index is 0.00679. The number of likely N-dealkylation sites (N-methyl/N-ethyl adjacent to an activating group) is 1. The predicted octanol–water partition coefficient (Wildman–Crippen LogP) is 2.83. The molecule has 1 fully saturated rings. The molecule has 1 N–H and O–H groups in total. The molecule has 2 aromatic carbocycles. The van der Waals surface area contributed by atoms with Gasteiger partial charge in [-0.05, 0) is 50.0 Å². The van der Waals surface area contributed by atoms with Gasteiger partial charge in [0.15, 0.2) is 11.6 Å². The molecule has 0 radical (unpaired) electrons. The average Bonchev–Trinajstić information content (AvgIpc) is 3.01. The van der Waals surface area contributed by atoms with Crippen molar-refractivity contribution in [1.82, 2.24) is 9.80 Å². The van der Waals surface area contributed by atoms with E-state index >= 15 is 0 Å². The summed E-state index contributed by atoms with van der Waals surface area (Å²) < 4.78 is 24.4. The molecule has 0 saturated carbocycles. The smallest absolute Gasteiger partial charge is 0.295 e. The molecule has 1 aliphatic rings. The Morgan fingerprint density at radius 2 is 1.87 bits per heavy atom. The van der Waals surface area contributed by atoms with Gasteiger partial charge in [-0.25, -0.2) is 4.39 Å². The maximum atomic E-state index is 14.2. The van der Waals surface area contributed by atoms with Crippen LogP contribution in [-0.4, -0.2) is 68.0 Å². The minimum atomic E-state index is -0.833. The van der Waals surface area contributed by atoms with E-state index in [0.29, 0.717) is 17.9 Å². The average molecular weight is 428 g/mol. The Morgan fingerprint density at radius 1 is 1.13 bits per heavy atom. The van der Waals surface area contributed by atoms with Gasteiger partial charge in [-0.1, -0.05) is 12.1 Å². The van der Waals surface area contributed by atoms with Gasteiger partial charge in [0.25, 0.3) is 11.7 Å². The van der Waals surface area contributed by atoms with Crippen LogP contribution in [0.15, 0.2) is 48.0 Å². The second-order valence-electron chi connectivity index (χ2n) is 7.42. The molecule has 2 aromatic rings. The molecule has 0 spiro atoms. The van der Waals surface area contributed by atoms with E-state index in [4.69, 9.17) is 9.47 Å². The third kappa shape index (κ3) is 4.39. The number of benzene rings is 2. The van der Waals surface area contributed by atoms with Crippen LogP contribution in [-0.2, 0) is 9.59 Å². The first-order chi connectivity index (χ1) is 14.8. The van der Waals surface area contributed by atoms with Crippen molar-refractivity contribution in [1.29, 1.82) is 0 Å². The Hall–Kier alpha value is -3.39. The summed E-state index contributed by atoms with van der Waals surface area (Å²) in [6.45, 7) is 0.790. The summed E-state index contributed by atoms with van der Waals surface area (Å²) >= 11 is 0. The van der Waals surface area contributed by atoms with Crippen molar-refractivity contribution in [3.05, 3.63) is 65.0 Å². The number of amides is 1. The number of ether oxygens (including phenoxy) is 2. The molecule has 0 unspecified atom stereocenters. The summed E-state index contributed by atoms with van der Waals surface area (Å²) in [4.78, 5) is 29.1. The van der Waals surface area contributed by atoms with Gasteiger partial charge in [0.2, 0.25) is 0 Å². The van der Waals surface area contributed by atoms with Crippen LogP contribution in [0.25, 0.3) is 5.76 Å². The van der Waals surface area contributed by atoms with Gasteiger partial charge in [0.05, 0.1) is 25.8 Å². The molecule has 0 aliphatic carbocycles. The fraction of sp³-hybridized carbons (Fsp3) is 0.304.